The number of benzene rings is 1. The average Bonchev–Trinajstić information content (AvgIpc) is 3.05. The molecule has 0 unspecified atom stereocenters. The average molecular weight is 300 g/mol. The van der Waals surface area contributed by atoms with Crippen LogP contribution in [0.3, 0.4) is 0 Å². The van der Waals surface area contributed by atoms with Crippen molar-refractivity contribution in [2.75, 3.05) is 12.0 Å². The number of rotatable bonds is 6. The molecule has 0 bridgehead atoms. The van der Waals surface area contributed by atoms with Crippen molar-refractivity contribution in [2.45, 2.75) is 29.1 Å². The molecule has 0 atom stereocenters. The number of thioether (sulfide) groups is 1. The molecule has 1 aliphatic carbocycles. The normalized spacial score (nSPS) is 17.1. The highest BCUT2D eigenvalue weighted by Gasteiger charge is 2.44. The van der Waals surface area contributed by atoms with Crippen molar-refractivity contribution in [3.05, 3.63) is 24.3 Å². The highest BCUT2D eigenvalue weighted by atomic mass is 32.2. The molecule has 2 rings (SSSR count). The third-order valence-electron chi connectivity index (χ3n) is 3.28. The van der Waals surface area contributed by atoms with Crippen molar-refractivity contribution < 1.29 is 18.3 Å². The molecule has 104 valence electrons. The summed E-state index contributed by atoms with van der Waals surface area (Å²) in [5, 5.41) is 8.84. The number of hydrogen-bond donors (Lipinski definition) is 1. The lowest BCUT2D eigenvalue weighted by molar-refractivity contribution is -0.138. The van der Waals surface area contributed by atoms with E-state index in [1.165, 1.54) is 6.26 Å². The van der Waals surface area contributed by atoms with Crippen LogP contribution < -0.4 is 0 Å². The van der Waals surface area contributed by atoms with E-state index >= 15 is 0 Å². The first-order valence-electron chi connectivity index (χ1n) is 5.96. The molecule has 0 aromatic heterocycles. The van der Waals surface area contributed by atoms with Gasteiger partial charge in [-0.15, -0.1) is 11.8 Å². The third-order valence-corrected chi connectivity index (χ3v) is 5.77. The van der Waals surface area contributed by atoms with Gasteiger partial charge in [-0.3, -0.25) is 4.79 Å². The van der Waals surface area contributed by atoms with Crippen LogP contribution in [0.5, 0.6) is 0 Å². The molecule has 1 N–H and O–H groups in total. The van der Waals surface area contributed by atoms with Gasteiger partial charge in [0, 0.05) is 16.9 Å². The molecule has 1 aromatic rings. The van der Waals surface area contributed by atoms with Gasteiger partial charge in [0.05, 0.1) is 11.3 Å². The van der Waals surface area contributed by atoms with Crippen LogP contribution in [0.25, 0.3) is 0 Å². The second-order valence-corrected chi connectivity index (χ2v) is 8.17. The Morgan fingerprint density at radius 1 is 1.32 bits per heavy atom. The fourth-order valence-electron chi connectivity index (χ4n) is 1.89. The fourth-order valence-corrected chi connectivity index (χ4v) is 3.71. The molecule has 19 heavy (non-hydrogen) atoms. The quantitative estimate of drug-likeness (QED) is 0.817. The van der Waals surface area contributed by atoms with Gasteiger partial charge in [0.15, 0.2) is 9.84 Å². The maximum atomic E-state index is 11.3. The molecule has 0 radical (unpaired) electrons. The van der Waals surface area contributed by atoms with Gasteiger partial charge in [-0.1, -0.05) is 0 Å². The number of hydrogen-bond acceptors (Lipinski definition) is 4. The first-order valence-corrected chi connectivity index (χ1v) is 8.83. The van der Waals surface area contributed by atoms with E-state index in [4.69, 9.17) is 5.11 Å². The number of aliphatic carboxylic acids is 1. The summed E-state index contributed by atoms with van der Waals surface area (Å²) < 4.78 is 22.6. The van der Waals surface area contributed by atoms with E-state index in [1.54, 1.807) is 36.0 Å². The maximum absolute atomic E-state index is 11.3. The van der Waals surface area contributed by atoms with E-state index in [2.05, 4.69) is 0 Å². The smallest absolute Gasteiger partial charge is 0.303 e. The summed E-state index contributed by atoms with van der Waals surface area (Å²) in [5.74, 6) is 0.0304. The van der Waals surface area contributed by atoms with Crippen LogP contribution >= 0.6 is 11.8 Å². The van der Waals surface area contributed by atoms with E-state index in [9.17, 15) is 13.2 Å². The van der Waals surface area contributed by atoms with Gasteiger partial charge in [0.25, 0.3) is 0 Å². The minimum Gasteiger partial charge on any atom is -0.481 e. The first kappa shape index (κ1) is 14.4. The van der Waals surface area contributed by atoms with Crippen LogP contribution in [0.1, 0.15) is 19.3 Å². The summed E-state index contributed by atoms with van der Waals surface area (Å²) >= 11 is 1.59. The number of sulfone groups is 1. The Balaban J connectivity index is 1.96. The Bertz CT molecular complexity index is 571. The zero-order chi connectivity index (χ0) is 14.1. The summed E-state index contributed by atoms with van der Waals surface area (Å²) in [4.78, 5) is 12.0. The molecule has 0 saturated heterocycles. The van der Waals surface area contributed by atoms with Crippen LogP contribution in [0, 0.1) is 5.41 Å². The molecular weight excluding hydrogens is 284 g/mol. The summed E-state index contributed by atoms with van der Waals surface area (Å²) in [6, 6.07) is 6.73. The molecule has 6 heteroatoms. The Kier molecular flexibility index (Phi) is 3.92. The van der Waals surface area contributed by atoms with Gasteiger partial charge in [-0.05, 0) is 42.5 Å². The van der Waals surface area contributed by atoms with Gasteiger partial charge >= 0.3 is 5.97 Å². The largest absolute Gasteiger partial charge is 0.481 e. The Morgan fingerprint density at radius 3 is 2.32 bits per heavy atom. The fraction of sp³-hybridized carbons (Fsp3) is 0.462. The molecule has 4 nitrogen and oxygen atoms in total. The third kappa shape index (κ3) is 3.98. The van der Waals surface area contributed by atoms with Crippen molar-refractivity contribution in [3.63, 3.8) is 0 Å². The molecule has 1 saturated carbocycles. The van der Waals surface area contributed by atoms with E-state index in [-0.39, 0.29) is 11.8 Å². The monoisotopic (exact) mass is 300 g/mol. The molecule has 0 aliphatic heterocycles. The molecule has 1 aromatic carbocycles. The van der Waals surface area contributed by atoms with E-state index in [0.29, 0.717) is 4.90 Å². The highest BCUT2D eigenvalue weighted by Crippen LogP contribution is 2.51. The van der Waals surface area contributed by atoms with E-state index in [1.807, 2.05) is 0 Å². The first-order chi connectivity index (χ1) is 8.81. The Hall–Kier alpha value is -1.01. The lowest BCUT2D eigenvalue weighted by Gasteiger charge is -2.11. The van der Waals surface area contributed by atoms with Gasteiger partial charge in [-0.25, -0.2) is 8.42 Å². The number of carboxylic acid groups (broad SMARTS) is 1. The SMILES string of the molecule is CS(=O)(=O)c1ccc(SCC2(CC(=O)O)CC2)cc1. The topological polar surface area (TPSA) is 71.4 Å². The molecule has 0 amide bonds. The number of carboxylic acids is 1. The lowest BCUT2D eigenvalue weighted by atomic mass is 10.1. The lowest BCUT2D eigenvalue weighted by Crippen LogP contribution is -2.10. The summed E-state index contributed by atoms with van der Waals surface area (Å²) in [5.41, 5.74) is -0.0496. The van der Waals surface area contributed by atoms with E-state index in [0.717, 1.165) is 23.5 Å². The van der Waals surface area contributed by atoms with Gasteiger partial charge in [-0.2, -0.15) is 0 Å². The minimum atomic E-state index is -3.15. The number of carbonyl (C=O) groups is 1. The summed E-state index contributed by atoms with van der Waals surface area (Å²) in [6.45, 7) is 0. The molecule has 1 aliphatic rings. The molecular formula is C13H16O4S2. The zero-order valence-corrected chi connectivity index (χ0v) is 12.3. The zero-order valence-electron chi connectivity index (χ0n) is 10.6. The van der Waals surface area contributed by atoms with Crippen LogP contribution in [0.15, 0.2) is 34.1 Å². The van der Waals surface area contributed by atoms with Crippen molar-refractivity contribution in [1.82, 2.24) is 0 Å². The Labute approximate surface area is 117 Å². The maximum Gasteiger partial charge on any atom is 0.303 e. The van der Waals surface area contributed by atoms with Crippen molar-refractivity contribution in [3.8, 4) is 0 Å². The summed E-state index contributed by atoms with van der Waals surface area (Å²) in [6.07, 6.45) is 3.34. The van der Waals surface area contributed by atoms with Crippen LogP contribution in [-0.4, -0.2) is 31.5 Å². The van der Waals surface area contributed by atoms with Crippen molar-refractivity contribution in [1.29, 1.82) is 0 Å². The van der Waals surface area contributed by atoms with Crippen LogP contribution in [0.4, 0.5) is 0 Å². The van der Waals surface area contributed by atoms with Gasteiger partial charge in [0.2, 0.25) is 0 Å². The van der Waals surface area contributed by atoms with E-state index < -0.39 is 15.8 Å². The minimum absolute atomic E-state index is 0.0496. The predicted octanol–water partition coefficient (Wildman–Crippen LogP) is 2.44. The summed E-state index contributed by atoms with van der Waals surface area (Å²) in [7, 11) is -3.15. The highest BCUT2D eigenvalue weighted by molar-refractivity contribution is 7.99. The molecule has 0 spiro atoms. The van der Waals surface area contributed by atoms with Gasteiger partial charge in [0.1, 0.15) is 0 Å². The van der Waals surface area contributed by atoms with Crippen molar-refractivity contribution in [2.24, 2.45) is 5.41 Å². The van der Waals surface area contributed by atoms with Gasteiger partial charge < -0.3 is 5.11 Å². The van der Waals surface area contributed by atoms with Crippen LogP contribution in [-0.2, 0) is 14.6 Å². The molecule has 1 fully saturated rings. The second-order valence-electron chi connectivity index (χ2n) is 5.10. The predicted molar refractivity (Wildman–Crippen MR) is 74.2 cm³/mol. The van der Waals surface area contributed by atoms with Crippen LogP contribution in [0.2, 0.25) is 0 Å². The standard InChI is InChI=1S/C13H16O4S2/c1-19(16,17)11-4-2-10(3-5-11)18-9-13(6-7-13)8-12(14)15/h2-5H,6-9H2,1H3,(H,14,15). The molecule has 0 heterocycles. The van der Waals surface area contributed by atoms with Crippen molar-refractivity contribution >= 4 is 27.6 Å². The second kappa shape index (κ2) is 5.17. The Morgan fingerprint density at radius 2 is 1.89 bits per heavy atom.